The molecule has 1 fully saturated rings. The normalized spacial score (nSPS) is 22.1. The summed E-state index contributed by atoms with van der Waals surface area (Å²) in [4.78, 5) is 0. The minimum absolute atomic E-state index is 0.125. The van der Waals surface area contributed by atoms with Gasteiger partial charge < -0.3 is 4.74 Å². The number of aryl methyl sites for hydroxylation is 1. The molecule has 0 radical (unpaired) electrons. The third-order valence-electron chi connectivity index (χ3n) is 5.37. The van der Waals surface area contributed by atoms with Crippen LogP contribution in [0.25, 0.3) is 0 Å². The van der Waals surface area contributed by atoms with Gasteiger partial charge in [0.15, 0.2) is 0 Å². The zero-order valence-corrected chi connectivity index (χ0v) is 12.9. The lowest BCUT2D eigenvalue weighted by molar-refractivity contribution is 0.373. The lowest BCUT2D eigenvalue weighted by Gasteiger charge is -2.21. The van der Waals surface area contributed by atoms with Crippen LogP contribution in [0.15, 0.2) is 18.2 Å². The van der Waals surface area contributed by atoms with E-state index < -0.39 is 0 Å². The van der Waals surface area contributed by atoms with E-state index in [0.717, 1.165) is 11.3 Å². The first kappa shape index (κ1) is 14.4. The Hall–Kier alpha value is -1.06. The number of hydrogen-bond donors (Lipinski definition) is 2. The average Bonchev–Trinajstić information content (AvgIpc) is 2.73. The van der Waals surface area contributed by atoms with Gasteiger partial charge in [-0.25, -0.2) is 0 Å². The summed E-state index contributed by atoms with van der Waals surface area (Å²) in [6, 6.07) is 6.39. The first-order valence-electron chi connectivity index (χ1n) is 6.88. The summed E-state index contributed by atoms with van der Waals surface area (Å²) in [7, 11) is 1.71. The van der Waals surface area contributed by atoms with E-state index in [4.69, 9.17) is 10.6 Å². The van der Waals surface area contributed by atoms with Crippen molar-refractivity contribution in [2.75, 3.05) is 7.11 Å². The van der Waals surface area contributed by atoms with Gasteiger partial charge in [0.05, 0.1) is 13.2 Å². The van der Waals surface area contributed by atoms with Gasteiger partial charge in [0.1, 0.15) is 5.75 Å². The van der Waals surface area contributed by atoms with Crippen molar-refractivity contribution < 1.29 is 4.74 Å². The Morgan fingerprint density at radius 2 is 1.79 bits per heavy atom. The maximum Gasteiger partial charge on any atom is 0.123 e. The van der Waals surface area contributed by atoms with E-state index in [1.54, 1.807) is 7.11 Å². The van der Waals surface area contributed by atoms with Gasteiger partial charge in [-0.3, -0.25) is 11.3 Å². The van der Waals surface area contributed by atoms with Crippen LogP contribution in [0.2, 0.25) is 0 Å². The van der Waals surface area contributed by atoms with Crippen LogP contribution in [-0.2, 0) is 0 Å². The predicted octanol–water partition coefficient (Wildman–Crippen LogP) is 3.19. The molecule has 3 N–H and O–H groups in total. The maximum absolute atomic E-state index is 5.86. The second-order valence-electron chi connectivity index (χ2n) is 6.81. The number of benzene rings is 1. The number of hydrazine groups is 1. The van der Waals surface area contributed by atoms with E-state index in [-0.39, 0.29) is 16.9 Å². The lowest BCUT2D eigenvalue weighted by atomic mass is 9.95. The third kappa shape index (κ3) is 2.05. The van der Waals surface area contributed by atoms with Gasteiger partial charge in [-0.05, 0) is 29.7 Å². The summed E-state index contributed by atoms with van der Waals surface area (Å²) in [6.45, 7) is 11.3. The Balaban J connectivity index is 2.42. The molecule has 1 atom stereocenters. The molecule has 0 amide bonds. The van der Waals surface area contributed by atoms with Gasteiger partial charge in [0.25, 0.3) is 0 Å². The number of nitrogens with one attached hydrogen (secondary N) is 1. The van der Waals surface area contributed by atoms with Crippen molar-refractivity contribution in [2.24, 2.45) is 22.6 Å². The van der Waals surface area contributed by atoms with Gasteiger partial charge in [-0.2, -0.15) is 0 Å². The topological polar surface area (TPSA) is 47.3 Å². The van der Waals surface area contributed by atoms with Crippen molar-refractivity contribution in [3.63, 3.8) is 0 Å². The highest BCUT2D eigenvalue weighted by Crippen LogP contribution is 2.72. The molecule has 0 heterocycles. The number of nitrogens with two attached hydrogens (primary N) is 1. The summed E-state index contributed by atoms with van der Waals surface area (Å²) in [5, 5.41) is 0. The molecule has 0 spiro atoms. The van der Waals surface area contributed by atoms with Gasteiger partial charge >= 0.3 is 0 Å². The summed E-state index contributed by atoms with van der Waals surface area (Å²) in [5.74, 6) is 7.27. The largest absolute Gasteiger partial charge is 0.496 e. The monoisotopic (exact) mass is 262 g/mol. The van der Waals surface area contributed by atoms with Gasteiger partial charge in [-0.15, -0.1) is 0 Å². The molecule has 1 aromatic rings. The quantitative estimate of drug-likeness (QED) is 0.647. The van der Waals surface area contributed by atoms with E-state index in [1.807, 2.05) is 6.07 Å². The van der Waals surface area contributed by atoms with Gasteiger partial charge in [-0.1, -0.05) is 45.4 Å². The standard InChI is InChI=1S/C16H26N2O/c1-10-7-8-12(19-6)11(9-10)13(18-17)14-15(2,3)16(14,4)5/h7-9,13-14,18H,17H2,1-6H3. The molecule has 0 aliphatic heterocycles. The van der Waals surface area contributed by atoms with Crippen molar-refractivity contribution in [1.29, 1.82) is 0 Å². The van der Waals surface area contributed by atoms with E-state index in [2.05, 4.69) is 52.2 Å². The SMILES string of the molecule is COc1ccc(C)cc1C(NN)C1C(C)(C)C1(C)C. The number of ether oxygens (including phenoxy) is 1. The Bertz CT molecular complexity index is 466. The van der Waals surface area contributed by atoms with Crippen molar-refractivity contribution in [1.82, 2.24) is 5.43 Å². The molecule has 2 rings (SSSR count). The minimum Gasteiger partial charge on any atom is -0.496 e. The van der Waals surface area contributed by atoms with Crippen LogP contribution >= 0.6 is 0 Å². The zero-order valence-electron chi connectivity index (χ0n) is 12.9. The second kappa shape index (κ2) is 4.50. The predicted molar refractivity (Wildman–Crippen MR) is 78.8 cm³/mol. The van der Waals surface area contributed by atoms with Crippen molar-refractivity contribution >= 4 is 0 Å². The molecule has 0 aromatic heterocycles. The van der Waals surface area contributed by atoms with E-state index in [0.29, 0.717) is 5.92 Å². The highest BCUT2D eigenvalue weighted by atomic mass is 16.5. The van der Waals surface area contributed by atoms with Crippen LogP contribution < -0.4 is 16.0 Å². The van der Waals surface area contributed by atoms with Crippen LogP contribution in [0.3, 0.4) is 0 Å². The molecule has 1 aliphatic rings. The van der Waals surface area contributed by atoms with Crippen molar-refractivity contribution in [3.8, 4) is 5.75 Å². The molecule has 19 heavy (non-hydrogen) atoms. The summed E-state index contributed by atoms with van der Waals surface area (Å²) in [5.41, 5.74) is 5.96. The Labute approximate surface area is 116 Å². The fourth-order valence-electron chi connectivity index (χ4n) is 3.54. The smallest absolute Gasteiger partial charge is 0.123 e. The number of rotatable bonds is 4. The molecule has 1 aromatic carbocycles. The maximum atomic E-state index is 5.86. The summed E-state index contributed by atoms with van der Waals surface area (Å²) in [6.07, 6.45) is 0. The Morgan fingerprint density at radius 3 is 2.21 bits per heavy atom. The van der Waals surface area contributed by atoms with E-state index >= 15 is 0 Å². The molecule has 1 saturated carbocycles. The summed E-state index contributed by atoms with van der Waals surface area (Å²) >= 11 is 0. The molecule has 1 unspecified atom stereocenters. The van der Waals surface area contributed by atoms with Crippen LogP contribution in [-0.4, -0.2) is 7.11 Å². The van der Waals surface area contributed by atoms with Crippen LogP contribution in [0.1, 0.15) is 44.9 Å². The molecular weight excluding hydrogens is 236 g/mol. The second-order valence-corrected chi connectivity index (χ2v) is 6.81. The van der Waals surface area contributed by atoms with Crippen LogP contribution in [0, 0.1) is 23.7 Å². The molecule has 3 heteroatoms. The van der Waals surface area contributed by atoms with Crippen molar-refractivity contribution in [3.05, 3.63) is 29.3 Å². The minimum atomic E-state index is 0.125. The molecular formula is C16H26N2O. The first-order valence-corrected chi connectivity index (χ1v) is 6.88. The third-order valence-corrected chi connectivity index (χ3v) is 5.37. The summed E-state index contributed by atoms with van der Waals surface area (Å²) < 4.78 is 5.50. The van der Waals surface area contributed by atoms with E-state index in [1.165, 1.54) is 5.56 Å². The Kier molecular flexibility index (Phi) is 3.40. The number of methoxy groups -OCH3 is 1. The molecule has 106 valence electrons. The van der Waals surface area contributed by atoms with Crippen molar-refractivity contribution in [2.45, 2.75) is 40.7 Å². The lowest BCUT2D eigenvalue weighted by Crippen LogP contribution is -2.31. The van der Waals surface area contributed by atoms with E-state index in [9.17, 15) is 0 Å². The molecule has 1 aliphatic carbocycles. The van der Waals surface area contributed by atoms with Gasteiger partial charge in [0, 0.05) is 5.56 Å². The fourth-order valence-corrected chi connectivity index (χ4v) is 3.54. The van der Waals surface area contributed by atoms with Gasteiger partial charge in [0.2, 0.25) is 0 Å². The first-order chi connectivity index (χ1) is 8.77. The van der Waals surface area contributed by atoms with Crippen LogP contribution in [0.4, 0.5) is 0 Å². The highest BCUT2D eigenvalue weighted by Gasteiger charge is 2.67. The average molecular weight is 262 g/mol. The number of hydrogen-bond acceptors (Lipinski definition) is 3. The zero-order chi connectivity index (χ0) is 14.4. The molecule has 0 bridgehead atoms. The molecule has 3 nitrogen and oxygen atoms in total. The Morgan fingerprint density at radius 1 is 1.21 bits per heavy atom. The molecule has 0 saturated heterocycles. The highest BCUT2D eigenvalue weighted by molar-refractivity contribution is 5.41. The van der Waals surface area contributed by atoms with Crippen LogP contribution in [0.5, 0.6) is 5.75 Å². The fraction of sp³-hybridized carbons (Fsp3) is 0.625.